The van der Waals surface area contributed by atoms with Gasteiger partial charge in [-0.25, -0.2) is 13.6 Å². The van der Waals surface area contributed by atoms with Gasteiger partial charge in [-0.05, 0) is 18.2 Å². The number of urea groups is 1. The molecule has 2 amide bonds. The van der Waals surface area contributed by atoms with Crippen molar-refractivity contribution in [1.29, 1.82) is 0 Å². The number of hydrogen-bond donors (Lipinski definition) is 2. The maximum atomic E-state index is 13.2. The van der Waals surface area contributed by atoms with Gasteiger partial charge in [0, 0.05) is 12.1 Å². The molecule has 2 rings (SSSR count). The van der Waals surface area contributed by atoms with Crippen molar-refractivity contribution in [2.24, 2.45) is 0 Å². The monoisotopic (exact) mass is 198 g/mol. The van der Waals surface area contributed by atoms with Gasteiger partial charge in [0.25, 0.3) is 0 Å². The first kappa shape index (κ1) is 8.93. The van der Waals surface area contributed by atoms with Crippen LogP contribution in [0.4, 0.5) is 13.6 Å². The number of benzene rings is 1. The summed E-state index contributed by atoms with van der Waals surface area (Å²) in [5.74, 6) is -1.03. The third-order valence-corrected chi connectivity index (χ3v) is 2.11. The van der Waals surface area contributed by atoms with Gasteiger partial charge in [-0.2, -0.15) is 0 Å². The lowest BCUT2D eigenvalue weighted by atomic mass is 10.1. The van der Waals surface area contributed by atoms with E-state index in [0.717, 1.165) is 18.2 Å². The zero-order valence-electron chi connectivity index (χ0n) is 7.18. The van der Waals surface area contributed by atoms with Crippen LogP contribution in [0.3, 0.4) is 0 Å². The van der Waals surface area contributed by atoms with Crippen molar-refractivity contribution in [2.75, 3.05) is 6.54 Å². The highest BCUT2D eigenvalue weighted by atomic mass is 19.1. The van der Waals surface area contributed by atoms with Crippen LogP contribution in [0.1, 0.15) is 11.6 Å². The van der Waals surface area contributed by atoms with E-state index in [-0.39, 0.29) is 18.1 Å². The lowest BCUT2D eigenvalue weighted by Gasteiger charge is -2.09. The lowest BCUT2D eigenvalue weighted by molar-refractivity contribution is 0.247. The minimum absolute atomic E-state index is 0.170. The first-order chi connectivity index (χ1) is 6.66. The molecule has 5 heteroatoms. The van der Waals surface area contributed by atoms with Crippen LogP contribution in [-0.4, -0.2) is 12.6 Å². The molecule has 0 radical (unpaired) electrons. The maximum Gasteiger partial charge on any atom is 0.315 e. The molecular weight excluding hydrogens is 190 g/mol. The zero-order chi connectivity index (χ0) is 10.1. The third kappa shape index (κ3) is 1.53. The molecule has 74 valence electrons. The number of carbonyl (C=O) groups excluding carboxylic acids is 1. The molecule has 1 aliphatic rings. The summed E-state index contributed by atoms with van der Waals surface area (Å²) in [7, 11) is 0. The van der Waals surface area contributed by atoms with Crippen molar-refractivity contribution >= 4 is 6.03 Å². The first-order valence-corrected chi connectivity index (χ1v) is 4.16. The SMILES string of the molecule is O=C1NCC(c2cc(F)ccc2F)N1. The Balaban J connectivity index is 2.31. The molecule has 0 spiro atoms. The molecule has 0 saturated carbocycles. The van der Waals surface area contributed by atoms with Gasteiger partial charge in [-0.3, -0.25) is 0 Å². The Bertz CT molecular complexity index is 381. The van der Waals surface area contributed by atoms with E-state index in [4.69, 9.17) is 0 Å². The van der Waals surface area contributed by atoms with Gasteiger partial charge in [-0.1, -0.05) is 0 Å². The molecule has 3 nitrogen and oxygen atoms in total. The summed E-state index contributed by atoms with van der Waals surface area (Å²) in [5, 5.41) is 4.96. The fraction of sp³-hybridized carbons (Fsp3) is 0.222. The minimum atomic E-state index is -0.514. The van der Waals surface area contributed by atoms with Crippen molar-refractivity contribution < 1.29 is 13.6 Å². The molecule has 1 atom stereocenters. The summed E-state index contributed by atoms with van der Waals surface area (Å²) in [6.07, 6.45) is 0. The molecule has 1 unspecified atom stereocenters. The number of rotatable bonds is 1. The van der Waals surface area contributed by atoms with Crippen LogP contribution in [0.5, 0.6) is 0 Å². The summed E-state index contributed by atoms with van der Waals surface area (Å²) in [6.45, 7) is 0.277. The Labute approximate surface area is 79.1 Å². The summed E-state index contributed by atoms with van der Waals surface area (Å²) in [4.78, 5) is 10.8. The van der Waals surface area contributed by atoms with Gasteiger partial charge in [0.15, 0.2) is 0 Å². The number of amides is 2. The number of carbonyl (C=O) groups is 1. The van der Waals surface area contributed by atoms with Gasteiger partial charge in [0.05, 0.1) is 6.04 Å². The van der Waals surface area contributed by atoms with Crippen LogP contribution >= 0.6 is 0 Å². The van der Waals surface area contributed by atoms with Gasteiger partial charge < -0.3 is 10.6 Å². The third-order valence-electron chi connectivity index (χ3n) is 2.11. The Kier molecular flexibility index (Phi) is 2.07. The fourth-order valence-corrected chi connectivity index (χ4v) is 1.42. The summed E-state index contributed by atoms with van der Waals surface area (Å²) in [5.41, 5.74) is 0.170. The van der Waals surface area contributed by atoms with Gasteiger partial charge in [0.2, 0.25) is 0 Å². The average Bonchev–Trinajstić information content (AvgIpc) is 2.56. The standard InChI is InChI=1S/C9H8F2N2O/c10-5-1-2-7(11)6(3-5)8-4-12-9(14)13-8/h1-3,8H,4H2,(H2,12,13,14). The van der Waals surface area contributed by atoms with Gasteiger partial charge in [0.1, 0.15) is 11.6 Å². The summed E-state index contributed by atoms with van der Waals surface area (Å²) >= 11 is 0. The number of hydrogen-bond acceptors (Lipinski definition) is 1. The van der Waals surface area contributed by atoms with Crippen LogP contribution < -0.4 is 10.6 Å². The normalized spacial score (nSPS) is 20.4. The predicted octanol–water partition coefficient (Wildman–Crippen LogP) is 1.32. The van der Waals surface area contributed by atoms with Crippen molar-refractivity contribution in [1.82, 2.24) is 10.6 Å². The molecule has 0 aliphatic carbocycles. The van der Waals surface area contributed by atoms with E-state index in [0.29, 0.717) is 0 Å². The highest BCUT2D eigenvalue weighted by Gasteiger charge is 2.24. The molecule has 2 N–H and O–H groups in total. The molecule has 14 heavy (non-hydrogen) atoms. The molecule has 0 aromatic heterocycles. The summed E-state index contributed by atoms with van der Waals surface area (Å²) < 4.78 is 26.0. The van der Waals surface area contributed by atoms with Crippen molar-refractivity contribution in [3.05, 3.63) is 35.4 Å². The average molecular weight is 198 g/mol. The van der Waals surface area contributed by atoms with Gasteiger partial charge >= 0.3 is 6.03 Å². The predicted molar refractivity (Wildman–Crippen MR) is 45.6 cm³/mol. The van der Waals surface area contributed by atoms with E-state index in [1.165, 1.54) is 0 Å². The molecule has 1 heterocycles. The minimum Gasteiger partial charge on any atom is -0.336 e. The zero-order valence-corrected chi connectivity index (χ0v) is 7.18. The van der Waals surface area contributed by atoms with E-state index >= 15 is 0 Å². The molecule has 1 fully saturated rings. The number of halogens is 2. The second kappa shape index (κ2) is 3.25. The lowest BCUT2D eigenvalue weighted by Crippen LogP contribution is -2.22. The first-order valence-electron chi connectivity index (χ1n) is 4.16. The van der Waals surface area contributed by atoms with E-state index in [1.807, 2.05) is 0 Å². The fourth-order valence-electron chi connectivity index (χ4n) is 1.42. The van der Waals surface area contributed by atoms with Crippen LogP contribution in [-0.2, 0) is 0 Å². The Hall–Kier alpha value is -1.65. The Morgan fingerprint density at radius 2 is 2.14 bits per heavy atom. The Morgan fingerprint density at radius 3 is 2.79 bits per heavy atom. The molecule has 1 saturated heterocycles. The molecule has 0 bridgehead atoms. The second-order valence-corrected chi connectivity index (χ2v) is 3.07. The smallest absolute Gasteiger partial charge is 0.315 e. The van der Waals surface area contributed by atoms with E-state index in [9.17, 15) is 13.6 Å². The molecular formula is C9H8F2N2O. The quantitative estimate of drug-likeness (QED) is 0.702. The van der Waals surface area contributed by atoms with Crippen molar-refractivity contribution in [3.8, 4) is 0 Å². The van der Waals surface area contributed by atoms with E-state index in [1.54, 1.807) is 0 Å². The molecule has 1 aromatic rings. The highest BCUT2D eigenvalue weighted by molar-refractivity contribution is 5.76. The topological polar surface area (TPSA) is 41.1 Å². The van der Waals surface area contributed by atoms with Crippen LogP contribution in [0.25, 0.3) is 0 Å². The summed E-state index contributed by atoms with van der Waals surface area (Å²) in [6, 6.07) is 2.34. The van der Waals surface area contributed by atoms with Gasteiger partial charge in [-0.15, -0.1) is 0 Å². The van der Waals surface area contributed by atoms with Crippen molar-refractivity contribution in [3.63, 3.8) is 0 Å². The highest BCUT2D eigenvalue weighted by Crippen LogP contribution is 2.19. The second-order valence-electron chi connectivity index (χ2n) is 3.07. The van der Waals surface area contributed by atoms with Crippen LogP contribution in [0, 0.1) is 11.6 Å². The van der Waals surface area contributed by atoms with Crippen molar-refractivity contribution in [2.45, 2.75) is 6.04 Å². The molecule has 1 aromatic carbocycles. The molecule has 1 aliphatic heterocycles. The largest absolute Gasteiger partial charge is 0.336 e. The Morgan fingerprint density at radius 1 is 1.36 bits per heavy atom. The van der Waals surface area contributed by atoms with Crippen LogP contribution in [0.15, 0.2) is 18.2 Å². The van der Waals surface area contributed by atoms with E-state index < -0.39 is 17.7 Å². The number of nitrogens with one attached hydrogen (secondary N) is 2. The maximum absolute atomic E-state index is 13.2. The van der Waals surface area contributed by atoms with E-state index in [2.05, 4.69) is 10.6 Å². The van der Waals surface area contributed by atoms with Crippen LogP contribution in [0.2, 0.25) is 0 Å².